The van der Waals surface area contributed by atoms with Crippen LogP contribution in [-0.2, 0) is 29.0 Å². The summed E-state index contributed by atoms with van der Waals surface area (Å²) >= 11 is 0. The predicted octanol–water partition coefficient (Wildman–Crippen LogP) is 2.62. The molecule has 1 aliphatic carbocycles. The molecule has 0 saturated carbocycles. The normalized spacial score (nSPS) is 14.9. The first kappa shape index (κ1) is 18.3. The minimum absolute atomic E-state index is 0.150. The zero-order valence-corrected chi connectivity index (χ0v) is 16.0. The van der Waals surface area contributed by atoms with Crippen LogP contribution in [-0.4, -0.2) is 29.2 Å². The SMILES string of the molecule is O=C(CN1C(=O)c2ccccc2C1=O)OCc1cc(=O)oc2cc3c(cc12)CCC3. The Balaban J connectivity index is 1.34. The van der Waals surface area contributed by atoms with Crippen molar-refractivity contribution in [3.63, 3.8) is 0 Å². The number of carbonyl (C=O) groups excluding carboxylic acids is 3. The molecule has 5 rings (SSSR count). The molecule has 30 heavy (non-hydrogen) atoms. The van der Waals surface area contributed by atoms with Crippen molar-refractivity contribution in [3.8, 4) is 0 Å². The number of benzene rings is 2. The molecule has 7 nitrogen and oxygen atoms in total. The molecular weight excluding hydrogens is 386 g/mol. The van der Waals surface area contributed by atoms with Crippen LogP contribution in [0.4, 0.5) is 0 Å². The van der Waals surface area contributed by atoms with E-state index < -0.39 is 30.0 Å². The second-order valence-corrected chi connectivity index (χ2v) is 7.46. The van der Waals surface area contributed by atoms with Gasteiger partial charge in [-0.1, -0.05) is 12.1 Å². The Kier molecular flexibility index (Phi) is 4.24. The highest BCUT2D eigenvalue weighted by Gasteiger charge is 2.36. The quantitative estimate of drug-likeness (QED) is 0.378. The summed E-state index contributed by atoms with van der Waals surface area (Å²) < 4.78 is 10.6. The van der Waals surface area contributed by atoms with Crippen LogP contribution in [0.1, 0.15) is 43.8 Å². The van der Waals surface area contributed by atoms with Crippen LogP contribution in [0.25, 0.3) is 11.0 Å². The van der Waals surface area contributed by atoms with Crippen molar-refractivity contribution in [2.24, 2.45) is 0 Å². The van der Waals surface area contributed by atoms with Gasteiger partial charge < -0.3 is 9.15 Å². The lowest BCUT2D eigenvalue weighted by Crippen LogP contribution is -2.35. The van der Waals surface area contributed by atoms with Crippen LogP contribution in [0, 0.1) is 0 Å². The third kappa shape index (κ3) is 2.99. The van der Waals surface area contributed by atoms with E-state index in [0.717, 1.165) is 29.5 Å². The number of carbonyl (C=O) groups is 3. The zero-order valence-electron chi connectivity index (χ0n) is 16.0. The lowest BCUT2D eigenvalue weighted by molar-refractivity contribution is -0.145. The van der Waals surface area contributed by atoms with Gasteiger partial charge in [-0.15, -0.1) is 0 Å². The van der Waals surface area contributed by atoms with Gasteiger partial charge >= 0.3 is 11.6 Å². The first-order chi connectivity index (χ1) is 14.5. The molecule has 1 aromatic heterocycles. The molecule has 3 aromatic rings. The van der Waals surface area contributed by atoms with Crippen LogP contribution >= 0.6 is 0 Å². The first-order valence-electron chi connectivity index (χ1n) is 9.70. The maximum Gasteiger partial charge on any atom is 0.336 e. The summed E-state index contributed by atoms with van der Waals surface area (Å²) in [4.78, 5) is 49.9. The zero-order chi connectivity index (χ0) is 20.8. The van der Waals surface area contributed by atoms with E-state index in [9.17, 15) is 19.2 Å². The number of esters is 1. The van der Waals surface area contributed by atoms with Gasteiger partial charge in [-0.3, -0.25) is 19.3 Å². The number of hydrogen-bond donors (Lipinski definition) is 0. The molecule has 2 aromatic carbocycles. The number of nitrogens with zero attached hydrogens (tertiary/aromatic N) is 1. The minimum Gasteiger partial charge on any atom is -0.459 e. The second-order valence-electron chi connectivity index (χ2n) is 7.46. The molecule has 0 unspecified atom stereocenters. The van der Waals surface area contributed by atoms with Gasteiger partial charge in [0, 0.05) is 17.0 Å². The Labute approximate surface area is 170 Å². The van der Waals surface area contributed by atoms with Crippen LogP contribution < -0.4 is 5.63 Å². The minimum atomic E-state index is -0.730. The fourth-order valence-corrected chi connectivity index (χ4v) is 4.13. The molecular formula is C23H17NO6. The third-order valence-corrected chi connectivity index (χ3v) is 5.60. The Morgan fingerprint density at radius 2 is 1.63 bits per heavy atom. The summed E-state index contributed by atoms with van der Waals surface area (Å²) in [5, 5.41) is 0.726. The highest BCUT2D eigenvalue weighted by Crippen LogP contribution is 2.29. The fourth-order valence-electron chi connectivity index (χ4n) is 4.13. The average molecular weight is 403 g/mol. The average Bonchev–Trinajstić information content (AvgIpc) is 3.29. The highest BCUT2D eigenvalue weighted by atomic mass is 16.5. The van der Waals surface area contributed by atoms with Crippen molar-refractivity contribution in [2.75, 3.05) is 6.54 Å². The molecule has 0 fully saturated rings. The molecule has 2 aliphatic rings. The molecule has 1 aliphatic heterocycles. The van der Waals surface area contributed by atoms with Crippen molar-refractivity contribution in [1.82, 2.24) is 4.90 Å². The first-order valence-corrected chi connectivity index (χ1v) is 9.70. The van der Waals surface area contributed by atoms with E-state index in [1.54, 1.807) is 24.3 Å². The largest absolute Gasteiger partial charge is 0.459 e. The van der Waals surface area contributed by atoms with Crippen LogP contribution in [0.3, 0.4) is 0 Å². The summed E-state index contributed by atoms with van der Waals surface area (Å²) in [6.45, 7) is -0.635. The van der Waals surface area contributed by atoms with Crippen molar-refractivity contribution in [3.05, 3.63) is 80.7 Å². The molecule has 7 heteroatoms. The summed E-state index contributed by atoms with van der Waals surface area (Å²) in [7, 11) is 0. The second kappa shape index (κ2) is 6.95. The number of imide groups is 1. The molecule has 0 bridgehead atoms. The van der Waals surface area contributed by atoms with Crippen LogP contribution in [0.15, 0.2) is 51.7 Å². The highest BCUT2D eigenvalue weighted by molar-refractivity contribution is 6.22. The van der Waals surface area contributed by atoms with Gasteiger partial charge in [0.15, 0.2) is 0 Å². The lowest BCUT2D eigenvalue weighted by atomic mass is 10.0. The summed E-state index contributed by atoms with van der Waals surface area (Å²) in [5.41, 5.74) is 3.40. The number of hydrogen-bond acceptors (Lipinski definition) is 6. The number of aryl methyl sites for hydroxylation is 2. The van der Waals surface area contributed by atoms with Gasteiger partial charge in [0.1, 0.15) is 18.7 Å². The van der Waals surface area contributed by atoms with Gasteiger partial charge in [0.05, 0.1) is 11.1 Å². The summed E-state index contributed by atoms with van der Waals surface area (Å²) in [6.07, 6.45) is 2.97. The Hall–Kier alpha value is -3.74. The Bertz CT molecular complexity index is 1250. The predicted molar refractivity (Wildman–Crippen MR) is 106 cm³/mol. The Morgan fingerprint density at radius 3 is 2.33 bits per heavy atom. The van der Waals surface area contributed by atoms with E-state index in [4.69, 9.17) is 9.15 Å². The molecule has 0 saturated heterocycles. The summed E-state index contributed by atoms with van der Waals surface area (Å²) in [6, 6.07) is 11.6. The summed E-state index contributed by atoms with van der Waals surface area (Å²) in [5.74, 6) is -1.77. The molecule has 2 heterocycles. The van der Waals surface area contributed by atoms with Gasteiger partial charge in [0.25, 0.3) is 11.8 Å². The number of rotatable bonds is 4. The molecule has 2 amide bonds. The maximum atomic E-state index is 12.4. The van der Waals surface area contributed by atoms with E-state index in [-0.39, 0.29) is 17.7 Å². The third-order valence-electron chi connectivity index (χ3n) is 5.60. The standard InChI is InChI=1S/C23H17NO6/c25-20-10-15(18-8-13-4-3-5-14(13)9-19(18)30-20)12-29-21(26)11-24-22(27)16-6-1-2-7-17(16)23(24)28/h1-2,6-10H,3-5,11-12H2. The van der Waals surface area contributed by atoms with Crippen molar-refractivity contribution >= 4 is 28.8 Å². The van der Waals surface area contributed by atoms with Gasteiger partial charge in [-0.2, -0.15) is 0 Å². The molecule has 150 valence electrons. The Morgan fingerprint density at radius 1 is 0.967 bits per heavy atom. The van der Waals surface area contributed by atoms with Crippen LogP contribution in [0.5, 0.6) is 0 Å². The van der Waals surface area contributed by atoms with E-state index in [1.165, 1.54) is 17.2 Å². The van der Waals surface area contributed by atoms with Crippen molar-refractivity contribution in [2.45, 2.75) is 25.9 Å². The molecule has 0 N–H and O–H groups in total. The van der Waals surface area contributed by atoms with Crippen molar-refractivity contribution in [1.29, 1.82) is 0 Å². The van der Waals surface area contributed by atoms with Gasteiger partial charge in [0.2, 0.25) is 0 Å². The molecule has 0 radical (unpaired) electrons. The van der Waals surface area contributed by atoms with Crippen LogP contribution in [0.2, 0.25) is 0 Å². The maximum absolute atomic E-state index is 12.4. The van der Waals surface area contributed by atoms with Crippen molar-refractivity contribution < 1.29 is 23.5 Å². The topological polar surface area (TPSA) is 93.9 Å². The number of amides is 2. The monoisotopic (exact) mass is 403 g/mol. The lowest BCUT2D eigenvalue weighted by Gasteiger charge is -2.13. The number of ether oxygens (including phenoxy) is 1. The van der Waals surface area contributed by atoms with E-state index in [2.05, 4.69) is 0 Å². The molecule has 0 spiro atoms. The van der Waals surface area contributed by atoms with Gasteiger partial charge in [-0.25, -0.2) is 4.79 Å². The smallest absolute Gasteiger partial charge is 0.336 e. The van der Waals surface area contributed by atoms with E-state index in [0.29, 0.717) is 11.1 Å². The number of fused-ring (bicyclic) bond motifs is 3. The van der Waals surface area contributed by atoms with Gasteiger partial charge in [-0.05, 0) is 54.7 Å². The van der Waals surface area contributed by atoms with E-state index in [1.807, 2.05) is 12.1 Å². The molecule has 0 atom stereocenters. The van der Waals surface area contributed by atoms with E-state index >= 15 is 0 Å². The fraction of sp³-hybridized carbons (Fsp3) is 0.217.